The summed E-state index contributed by atoms with van der Waals surface area (Å²) in [7, 11) is 0. The van der Waals surface area contributed by atoms with Crippen molar-refractivity contribution < 1.29 is 14.5 Å². The topological polar surface area (TPSA) is 81.5 Å². The van der Waals surface area contributed by atoms with Crippen LogP contribution in [-0.4, -0.2) is 17.4 Å². The molecule has 1 amide bonds. The molecule has 0 aromatic heterocycles. The van der Waals surface area contributed by atoms with Crippen LogP contribution < -0.4 is 10.1 Å². The molecule has 1 aromatic rings. The van der Waals surface area contributed by atoms with E-state index >= 15 is 0 Å². The highest BCUT2D eigenvalue weighted by Crippen LogP contribution is 2.39. The molecular weight excluding hydrogens is 248 g/mol. The predicted octanol–water partition coefficient (Wildman–Crippen LogP) is 2.61. The van der Waals surface area contributed by atoms with E-state index < -0.39 is 10.8 Å². The first-order valence-corrected chi connectivity index (χ1v) is 5.22. The quantitative estimate of drug-likeness (QED) is 0.665. The van der Waals surface area contributed by atoms with Crippen LogP contribution >= 0.6 is 11.6 Å². The number of nitrogens with zero attached hydrogens (tertiary/aromatic N) is 1. The van der Waals surface area contributed by atoms with E-state index in [1.807, 2.05) is 0 Å². The molecule has 92 valence electrons. The van der Waals surface area contributed by atoms with Gasteiger partial charge in [-0.15, -0.1) is 0 Å². The van der Waals surface area contributed by atoms with Gasteiger partial charge in [-0.25, -0.2) is 0 Å². The maximum absolute atomic E-state index is 10.9. The van der Waals surface area contributed by atoms with Gasteiger partial charge in [-0.1, -0.05) is 11.6 Å². The number of carbonyl (C=O) groups is 1. The van der Waals surface area contributed by atoms with Gasteiger partial charge in [0.25, 0.3) is 0 Å². The van der Waals surface area contributed by atoms with E-state index in [0.29, 0.717) is 6.61 Å². The molecule has 1 aromatic carbocycles. The first-order chi connectivity index (χ1) is 7.97. The fourth-order valence-corrected chi connectivity index (χ4v) is 1.57. The summed E-state index contributed by atoms with van der Waals surface area (Å²) >= 11 is 5.85. The number of benzene rings is 1. The lowest BCUT2D eigenvalue weighted by Gasteiger charge is -2.09. The maximum Gasteiger partial charge on any atom is 0.314 e. The first-order valence-electron chi connectivity index (χ1n) is 4.84. The Hall–Kier alpha value is -1.82. The van der Waals surface area contributed by atoms with Gasteiger partial charge in [0, 0.05) is 6.92 Å². The summed E-state index contributed by atoms with van der Waals surface area (Å²) in [6.45, 7) is 3.34. The summed E-state index contributed by atoms with van der Waals surface area (Å²) in [5.41, 5.74) is -0.316. The summed E-state index contributed by atoms with van der Waals surface area (Å²) < 4.78 is 5.14. The summed E-state index contributed by atoms with van der Waals surface area (Å²) in [4.78, 5) is 21.1. The molecule has 0 fully saturated rings. The van der Waals surface area contributed by atoms with Crippen molar-refractivity contribution in [3.05, 3.63) is 27.3 Å². The van der Waals surface area contributed by atoms with Crippen molar-refractivity contribution in [2.45, 2.75) is 13.8 Å². The third-order valence-corrected chi connectivity index (χ3v) is 2.24. The summed E-state index contributed by atoms with van der Waals surface area (Å²) in [5, 5.41) is 13.1. The van der Waals surface area contributed by atoms with Gasteiger partial charge in [0.05, 0.1) is 11.5 Å². The van der Waals surface area contributed by atoms with E-state index in [-0.39, 0.29) is 22.1 Å². The third kappa shape index (κ3) is 3.07. The molecule has 0 radical (unpaired) electrons. The van der Waals surface area contributed by atoms with E-state index in [1.54, 1.807) is 6.92 Å². The minimum atomic E-state index is -0.657. The van der Waals surface area contributed by atoms with Crippen LogP contribution in [-0.2, 0) is 4.79 Å². The van der Waals surface area contributed by atoms with Crippen LogP contribution in [0.3, 0.4) is 0 Å². The van der Waals surface area contributed by atoms with Crippen molar-refractivity contribution in [1.82, 2.24) is 0 Å². The number of halogens is 1. The fraction of sp³-hybridized carbons (Fsp3) is 0.300. The second-order valence-electron chi connectivity index (χ2n) is 3.15. The standard InChI is InChI=1S/C10H11ClN2O4/c1-3-17-8-5-4-7(12-6(2)14)10(9(8)11)13(15)16/h4-5H,3H2,1-2H3,(H,12,14). The van der Waals surface area contributed by atoms with Gasteiger partial charge >= 0.3 is 5.69 Å². The second-order valence-corrected chi connectivity index (χ2v) is 3.52. The minimum absolute atomic E-state index is 0.0518. The molecule has 7 heteroatoms. The first kappa shape index (κ1) is 13.2. The Morgan fingerprint density at radius 1 is 1.59 bits per heavy atom. The minimum Gasteiger partial charge on any atom is -0.492 e. The van der Waals surface area contributed by atoms with Crippen molar-refractivity contribution in [1.29, 1.82) is 0 Å². The SMILES string of the molecule is CCOc1ccc(NC(C)=O)c([N+](=O)[O-])c1Cl. The van der Waals surface area contributed by atoms with Gasteiger partial charge in [-0.3, -0.25) is 14.9 Å². The van der Waals surface area contributed by atoms with Crippen molar-refractivity contribution in [3.8, 4) is 5.75 Å². The number of nitro groups is 1. The van der Waals surface area contributed by atoms with Crippen LogP contribution in [0.1, 0.15) is 13.8 Å². The number of amides is 1. The maximum atomic E-state index is 10.9. The molecule has 17 heavy (non-hydrogen) atoms. The normalized spacial score (nSPS) is 9.82. The number of hydrogen-bond donors (Lipinski definition) is 1. The highest BCUT2D eigenvalue weighted by atomic mass is 35.5. The van der Waals surface area contributed by atoms with E-state index in [4.69, 9.17) is 16.3 Å². The molecule has 6 nitrogen and oxygen atoms in total. The molecule has 0 bridgehead atoms. The smallest absolute Gasteiger partial charge is 0.314 e. The van der Waals surface area contributed by atoms with Crippen LogP contribution in [0.15, 0.2) is 12.1 Å². The van der Waals surface area contributed by atoms with Crippen molar-refractivity contribution in [2.24, 2.45) is 0 Å². The molecule has 0 unspecified atom stereocenters. The van der Waals surface area contributed by atoms with Gasteiger partial charge in [0.1, 0.15) is 11.4 Å². The van der Waals surface area contributed by atoms with Crippen molar-refractivity contribution in [2.75, 3.05) is 11.9 Å². The molecule has 1 N–H and O–H groups in total. The largest absolute Gasteiger partial charge is 0.492 e. The Kier molecular flexibility index (Phi) is 4.28. The molecule has 0 aliphatic carbocycles. The lowest BCUT2D eigenvalue weighted by Crippen LogP contribution is -2.08. The van der Waals surface area contributed by atoms with E-state index in [9.17, 15) is 14.9 Å². The van der Waals surface area contributed by atoms with Crippen LogP contribution in [0.4, 0.5) is 11.4 Å². The van der Waals surface area contributed by atoms with Gasteiger partial charge in [0.15, 0.2) is 5.02 Å². The molecule has 0 spiro atoms. The molecular formula is C10H11ClN2O4. The zero-order chi connectivity index (χ0) is 13.0. The fourth-order valence-electron chi connectivity index (χ4n) is 1.28. The Morgan fingerprint density at radius 2 is 2.24 bits per heavy atom. The number of anilines is 1. The zero-order valence-corrected chi connectivity index (χ0v) is 10.1. The summed E-state index contributed by atoms with van der Waals surface area (Å²) in [6, 6.07) is 2.86. The van der Waals surface area contributed by atoms with Crippen molar-refractivity contribution in [3.63, 3.8) is 0 Å². The monoisotopic (exact) mass is 258 g/mol. The number of nitrogens with one attached hydrogen (secondary N) is 1. The van der Waals surface area contributed by atoms with E-state index in [2.05, 4.69) is 5.32 Å². The Morgan fingerprint density at radius 3 is 2.71 bits per heavy atom. The van der Waals surface area contributed by atoms with E-state index in [0.717, 1.165) is 0 Å². The molecule has 0 saturated carbocycles. The average Bonchev–Trinajstić information content (AvgIpc) is 2.21. The summed E-state index contributed by atoms with van der Waals surface area (Å²) in [6.07, 6.45) is 0. The van der Waals surface area contributed by atoms with Crippen LogP contribution in [0, 0.1) is 10.1 Å². The highest BCUT2D eigenvalue weighted by molar-refractivity contribution is 6.34. The molecule has 0 saturated heterocycles. The molecule has 1 rings (SSSR count). The predicted molar refractivity (Wildman–Crippen MR) is 63.6 cm³/mol. The van der Waals surface area contributed by atoms with E-state index in [1.165, 1.54) is 19.1 Å². The van der Waals surface area contributed by atoms with Gasteiger partial charge in [-0.2, -0.15) is 0 Å². The van der Waals surface area contributed by atoms with Gasteiger partial charge in [-0.05, 0) is 19.1 Å². The van der Waals surface area contributed by atoms with Gasteiger partial charge in [0.2, 0.25) is 5.91 Å². The van der Waals surface area contributed by atoms with Crippen molar-refractivity contribution >= 4 is 28.9 Å². The number of rotatable bonds is 4. The van der Waals surface area contributed by atoms with Crippen LogP contribution in [0.25, 0.3) is 0 Å². The number of carbonyl (C=O) groups excluding carboxylic acids is 1. The number of nitro benzene ring substituents is 1. The average molecular weight is 259 g/mol. The van der Waals surface area contributed by atoms with Gasteiger partial charge < -0.3 is 10.1 Å². The number of ether oxygens (including phenoxy) is 1. The molecule has 0 heterocycles. The Bertz CT molecular complexity index is 462. The second kappa shape index (κ2) is 5.49. The van der Waals surface area contributed by atoms with Crippen LogP contribution in [0.5, 0.6) is 5.75 Å². The lowest BCUT2D eigenvalue weighted by molar-refractivity contribution is -0.383. The molecule has 0 atom stereocenters. The lowest BCUT2D eigenvalue weighted by atomic mass is 10.2. The third-order valence-electron chi connectivity index (χ3n) is 1.87. The Labute approximate surface area is 103 Å². The summed E-state index contributed by atoms with van der Waals surface area (Å²) in [5.74, 6) is -0.191. The molecule has 0 aliphatic heterocycles. The molecule has 0 aliphatic rings. The van der Waals surface area contributed by atoms with Crippen LogP contribution in [0.2, 0.25) is 5.02 Å². The number of hydrogen-bond acceptors (Lipinski definition) is 4. The highest BCUT2D eigenvalue weighted by Gasteiger charge is 2.23. The Balaban J connectivity index is 3.28. The zero-order valence-electron chi connectivity index (χ0n) is 9.32.